The lowest BCUT2D eigenvalue weighted by Crippen LogP contribution is -2.15. The highest BCUT2D eigenvalue weighted by Crippen LogP contribution is 2.25. The van der Waals surface area contributed by atoms with Crippen molar-refractivity contribution in [1.82, 2.24) is 0 Å². The van der Waals surface area contributed by atoms with Gasteiger partial charge in [-0.3, -0.25) is 10.1 Å². The molecule has 5 nitrogen and oxygen atoms in total. The number of hydrogen-bond acceptors (Lipinski definition) is 4. The maximum atomic E-state index is 10.4. The largest absolute Gasteiger partial charge is 0.394 e. The molecule has 6 heteroatoms. The lowest BCUT2D eigenvalue weighted by Gasteiger charge is -2.09. The van der Waals surface area contributed by atoms with Crippen molar-refractivity contribution in [3.63, 3.8) is 0 Å². The third kappa shape index (κ3) is 2.20. The molecule has 14 heavy (non-hydrogen) atoms. The standard InChI is InChI=1S/C8H9ClN2O3/c9-7-2-1-5(11(13)14)3-6(7)8(10)4-12/h1-3,8,12H,4,10H2. The zero-order valence-corrected chi connectivity index (χ0v) is 7.94. The average Bonchev–Trinajstić information content (AvgIpc) is 2.17. The Morgan fingerprint density at radius 1 is 1.64 bits per heavy atom. The molecule has 0 fully saturated rings. The van der Waals surface area contributed by atoms with Gasteiger partial charge in [0.15, 0.2) is 0 Å². The van der Waals surface area contributed by atoms with Gasteiger partial charge in [-0.05, 0) is 11.6 Å². The van der Waals surface area contributed by atoms with Crippen LogP contribution in [-0.2, 0) is 0 Å². The van der Waals surface area contributed by atoms with E-state index in [1.165, 1.54) is 18.2 Å². The van der Waals surface area contributed by atoms with Gasteiger partial charge >= 0.3 is 0 Å². The van der Waals surface area contributed by atoms with E-state index in [0.717, 1.165) is 0 Å². The summed E-state index contributed by atoms with van der Waals surface area (Å²) in [5.74, 6) is 0. The fraction of sp³-hybridized carbons (Fsp3) is 0.250. The summed E-state index contributed by atoms with van der Waals surface area (Å²) < 4.78 is 0. The van der Waals surface area contributed by atoms with Crippen LogP contribution in [0.5, 0.6) is 0 Å². The molecular weight excluding hydrogens is 208 g/mol. The Kier molecular flexibility index (Phi) is 3.40. The molecule has 1 aromatic rings. The highest BCUT2D eigenvalue weighted by atomic mass is 35.5. The number of nitrogens with two attached hydrogens (primary N) is 1. The summed E-state index contributed by atoms with van der Waals surface area (Å²) in [5.41, 5.74) is 5.80. The van der Waals surface area contributed by atoms with Gasteiger partial charge in [0.25, 0.3) is 5.69 Å². The monoisotopic (exact) mass is 216 g/mol. The fourth-order valence-corrected chi connectivity index (χ4v) is 1.28. The molecule has 0 aliphatic carbocycles. The minimum absolute atomic E-state index is 0.0895. The summed E-state index contributed by atoms with van der Waals surface area (Å²) in [6.45, 7) is -0.305. The van der Waals surface area contributed by atoms with Crippen LogP contribution in [0.1, 0.15) is 11.6 Å². The Bertz CT molecular complexity index is 356. The van der Waals surface area contributed by atoms with E-state index in [1.807, 2.05) is 0 Å². The number of aliphatic hydroxyl groups is 1. The van der Waals surface area contributed by atoms with Gasteiger partial charge in [0.1, 0.15) is 0 Å². The van der Waals surface area contributed by atoms with Crippen LogP contribution in [-0.4, -0.2) is 16.6 Å². The SMILES string of the molecule is NC(CO)c1cc([N+](=O)[O-])ccc1Cl. The molecule has 0 bridgehead atoms. The number of nitro benzene ring substituents is 1. The van der Waals surface area contributed by atoms with Crippen LogP contribution in [0, 0.1) is 10.1 Å². The first-order valence-corrected chi connectivity index (χ1v) is 4.24. The van der Waals surface area contributed by atoms with Crippen LogP contribution in [0.3, 0.4) is 0 Å². The first-order chi connectivity index (χ1) is 6.56. The number of hydrogen-bond donors (Lipinski definition) is 2. The van der Waals surface area contributed by atoms with Crippen molar-refractivity contribution in [2.45, 2.75) is 6.04 Å². The maximum absolute atomic E-state index is 10.4. The molecule has 1 aromatic carbocycles. The predicted octanol–water partition coefficient (Wildman–Crippen LogP) is 1.24. The molecule has 0 heterocycles. The van der Waals surface area contributed by atoms with E-state index in [-0.39, 0.29) is 12.3 Å². The molecule has 1 rings (SSSR count). The van der Waals surface area contributed by atoms with E-state index < -0.39 is 11.0 Å². The number of halogens is 1. The molecule has 1 atom stereocenters. The number of aliphatic hydroxyl groups excluding tert-OH is 1. The molecule has 76 valence electrons. The molecule has 3 N–H and O–H groups in total. The summed E-state index contributed by atoms with van der Waals surface area (Å²) in [4.78, 5) is 9.90. The van der Waals surface area contributed by atoms with Crippen LogP contribution in [0.2, 0.25) is 5.02 Å². The minimum atomic E-state index is -0.692. The summed E-state index contributed by atoms with van der Waals surface area (Å²) >= 11 is 5.76. The normalized spacial score (nSPS) is 12.5. The molecule has 0 aromatic heterocycles. The first kappa shape index (κ1) is 10.9. The van der Waals surface area contributed by atoms with E-state index in [1.54, 1.807) is 0 Å². The van der Waals surface area contributed by atoms with E-state index >= 15 is 0 Å². The molecule has 0 saturated heterocycles. The van der Waals surface area contributed by atoms with Gasteiger partial charge in [0.2, 0.25) is 0 Å². The lowest BCUT2D eigenvalue weighted by atomic mass is 10.1. The Hall–Kier alpha value is -1.17. The molecule has 0 amide bonds. The van der Waals surface area contributed by atoms with E-state index in [4.69, 9.17) is 22.4 Å². The highest BCUT2D eigenvalue weighted by Gasteiger charge is 2.14. The quantitative estimate of drug-likeness (QED) is 0.588. The van der Waals surface area contributed by atoms with Crippen molar-refractivity contribution in [3.8, 4) is 0 Å². The molecule has 0 radical (unpaired) electrons. The molecule has 0 aliphatic heterocycles. The zero-order chi connectivity index (χ0) is 10.7. The number of nitro groups is 1. The number of non-ortho nitro benzene ring substituents is 1. The first-order valence-electron chi connectivity index (χ1n) is 3.86. The lowest BCUT2D eigenvalue weighted by molar-refractivity contribution is -0.384. The number of benzene rings is 1. The van der Waals surface area contributed by atoms with Gasteiger partial charge < -0.3 is 10.8 Å². The second-order valence-corrected chi connectivity index (χ2v) is 3.16. The molecular formula is C8H9ClN2O3. The molecule has 0 aliphatic rings. The Morgan fingerprint density at radius 3 is 2.79 bits per heavy atom. The smallest absolute Gasteiger partial charge is 0.269 e. The zero-order valence-electron chi connectivity index (χ0n) is 7.18. The van der Waals surface area contributed by atoms with Crippen molar-refractivity contribution in [2.75, 3.05) is 6.61 Å². The van der Waals surface area contributed by atoms with Gasteiger partial charge in [-0.25, -0.2) is 0 Å². The predicted molar refractivity (Wildman–Crippen MR) is 52.1 cm³/mol. The second kappa shape index (κ2) is 4.36. The number of rotatable bonds is 3. The van der Waals surface area contributed by atoms with Crippen molar-refractivity contribution in [1.29, 1.82) is 0 Å². The fourth-order valence-electron chi connectivity index (χ4n) is 1.03. The van der Waals surface area contributed by atoms with Gasteiger partial charge in [0, 0.05) is 17.2 Å². The molecule has 0 spiro atoms. The van der Waals surface area contributed by atoms with Crippen molar-refractivity contribution in [3.05, 3.63) is 38.9 Å². The Morgan fingerprint density at radius 2 is 2.29 bits per heavy atom. The Balaban J connectivity index is 3.14. The van der Waals surface area contributed by atoms with E-state index in [0.29, 0.717) is 10.6 Å². The Labute approximate surface area is 85.3 Å². The van der Waals surface area contributed by atoms with Crippen LogP contribution in [0.15, 0.2) is 18.2 Å². The van der Waals surface area contributed by atoms with E-state index in [2.05, 4.69) is 0 Å². The average molecular weight is 217 g/mol. The maximum Gasteiger partial charge on any atom is 0.269 e. The topological polar surface area (TPSA) is 89.4 Å². The second-order valence-electron chi connectivity index (χ2n) is 2.75. The number of nitrogens with zero attached hydrogens (tertiary/aromatic N) is 1. The molecule has 0 saturated carbocycles. The third-order valence-corrected chi connectivity index (χ3v) is 2.13. The van der Waals surface area contributed by atoms with Gasteiger partial charge in [-0.2, -0.15) is 0 Å². The summed E-state index contributed by atoms with van der Waals surface area (Å²) in [6, 6.07) is 3.26. The van der Waals surface area contributed by atoms with Gasteiger partial charge in [0.05, 0.1) is 17.6 Å². The third-order valence-electron chi connectivity index (χ3n) is 1.79. The molecule has 1 unspecified atom stereocenters. The van der Waals surface area contributed by atoms with Crippen molar-refractivity contribution < 1.29 is 10.0 Å². The minimum Gasteiger partial charge on any atom is -0.394 e. The van der Waals surface area contributed by atoms with Crippen LogP contribution >= 0.6 is 11.6 Å². The van der Waals surface area contributed by atoms with Gasteiger partial charge in [-0.1, -0.05) is 11.6 Å². The summed E-state index contributed by atoms with van der Waals surface area (Å²) in [7, 11) is 0. The van der Waals surface area contributed by atoms with Crippen molar-refractivity contribution in [2.24, 2.45) is 5.73 Å². The van der Waals surface area contributed by atoms with Gasteiger partial charge in [-0.15, -0.1) is 0 Å². The van der Waals surface area contributed by atoms with Crippen molar-refractivity contribution >= 4 is 17.3 Å². The van der Waals surface area contributed by atoms with E-state index in [9.17, 15) is 10.1 Å². The van der Waals surface area contributed by atoms with Crippen LogP contribution in [0.4, 0.5) is 5.69 Å². The van der Waals surface area contributed by atoms with Crippen LogP contribution < -0.4 is 5.73 Å². The summed E-state index contributed by atoms with van der Waals surface area (Å²) in [6.07, 6.45) is 0. The highest BCUT2D eigenvalue weighted by molar-refractivity contribution is 6.31. The van der Waals surface area contributed by atoms with Crippen LogP contribution in [0.25, 0.3) is 0 Å². The summed E-state index contributed by atoms with van der Waals surface area (Å²) in [5, 5.41) is 19.5.